The lowest BCUT2D eigenvalue weighted by Crippen LogP contribution is -1.98. The van der Waals surface area contributed by atoms with Gasteiger partial charge in [0.25, 0.3) is 0 Å². The Bertz CT molecular complexity index is 984. The summed E-state index contributed by atoms with van der Waals surface area (Å²) in [5.41, 5.74) is 10.5. The van der Waals surface area contributed by atoms with Gasteiger partial charge in [-0.3, -0.25) is 5.10 Å². The van der Waals surface area contributed by atoms with Crippen molar-refractivity contribution in [1.29, 1.82) is 0 Å². The molecule has 5 nitrogen and oxygen atoms in total. The molecule has 4 rings (SSSR count). The van der Waals surface area contributed by atoms with E-state index in [-0.39, 0.29) is 0 Å². The Balaban J connectivity index is 1.57. The maximum atomic E-state index is 6.04. The number of aromatic nitrogens is 2. The number of hydrogen-bond donors (Lipinski definition) is 2. The van der Waals surface area contributed by atoms with Crippen molar-refractivity contribution in [3.63, 3.8) is 0 Å². The van der Waals surface area contributed by atoms with E-state index in [4.69, 9.17) is 15.2 Å². The fourth-order valence-electron chi connectivity index (χ4n) is 2.98. The van der Waals surface area contributed by atoms with Gasteiger partial charge in [0.15, 0.2) is 0 Å². The minimum absolute atomic E-state index is 0.411. The van der Waals surface area contributed by atoms with Gasteiger partial charge in [-0.15, -0.1) is 0 Å². The van der Waals surface area contributed by atoms with E-state index in [0.29, 0.717) is 19.8 Å². The summed E-state index contributed by atoms with van der Waals surface area (Å²) in [6, 6.07) is 27.9. The molecule has 146 valence electrons. The predicted molar refractivity (Wildman–Crippen MR) is 113 cm³/mol. The number of ether oxygens (including phenoxy) is 2. The van der Waals surface area contributed by atoms with Gasteiger partial charge in [0.2, 0.25) is 0 Å². The van der Waals surface area contributed by atoms with Crippen LogP contribution in [-0.4, -0.2) is 10.2 Å². The maximum Gasteiger partial charge on any atom is 0.124 e. The molecule has 0 aliphatic carbocycles. The highest BCUT2D eigenvalue weighted by Gasteiger charge is 2.09. The van der Waals surface area contributed by atoms with Gasteiger partial charge in [-0.1, -0.05) is 60.7 Å². The molecule has 0 fully saturated rings. The van der Waals surface area contributed by atoms with Crippen LogP contribution < -0.4 is 15.2 Å². The van der Waals surface area contributed by atoms with E-state index in [1.54, 1.807) is 0 Å². The zero-order chi connectivity index (χ0) is 19.9. The molecule has 4 aromatic rings. The molecule has 29 heavy (non-hydrogen) atoms. The summed E-state index contributed by atoms with van der Waals surface area (Å²) in [7, 11) is 0. The summed E-state index contributed by atoms with van der Waals surface area (Å²) in [5, 5.41) is 7.31. The number of hydrogen-bond acceptors (Lipinski definition) is 4. The smallest absolute Gasteiger partial charge is 0.124 e. The fraction of sp³-hybridized carbons (Fsp3) is 0.125. The lowest BCUT2D eigenvalue weighted by molar-refractivity contribution is 0.290. The van der Waals surface area contributed by atoms with Crippen molar-refractivity contribution in [2.75, 3.05) is 0 Å². The lowest BCUT2D eigenvalue weighted by Gasteiger charge is -2.12. The van der Waals surface area contributed by atoms with E-state index in [1.165, 1.54) is 0 Å². The first kappa shape index (κ1) is 18.8. The van der Waals surface area contributed by atoms with Gasteiger partial charge in [0.1, 0.15) is 24.7 Å². The Morgan fingerprint density at radius 2 is 1.28 bits per heavy atom. The molecule has 0 saturated carbocycles. The quantitative estimate of drug-likeness (QED) is 0.461. The van der Waals surface area contributed by atoms with Crippen molar-refractivity contribution in [2.24, 2.45) is 5.73 Å². The largest absolute Gasteiger partial charge is 0.489 e. The van der Waals surface area contributed by atoms with E-state index >= 15 is 0 Å². The lowest BCUT2D eigenvalue weighted by atomic mass is 10.1. The van der Waals surface area contributed by atoms with Gasteiger partial charge in [-0.05, 0) is 29.3 Å². The molecule has 3 N–H and O–H groups in total. The van der Waals surface area contributed by atoms with Crippen molar-refractivity contribution in [3.8, 4) is 22.8 Å². The van der Waals surface area contributed by atoms with Crippen LogP contribution in [0.1, 0.15) is 16.8 Å². The van der Waals surface area contributed by atoms with Gasteiger partial charge in [-0.25, -0.2) is 0 Å². The third-order valence-corrected chi connectivity index (χ3v) is 4.52. The second-order valence-corrected chi connectivity index (χ2v) is 6.72. The molecule has 0 spiro atoms. The highest BCUT2D eigenvalue weighted by Crippen LogP contribution is 2.30. The topological polar surface area (TPSA) is 73.2 Å². The number of H-pyrrole nitrogens is 1. The van der Waals surface area contributed by atoms with Gasteiger partial charge < -0.3 is 15.2 Å². The summed E-state index contributed by atoms with van der Waals surface area (Å²) < 4.78 is 12.1. The first-order chi connectivity index (χ1) is 14.3. The Hall–Kier alpha value is -3.57. The molecule has 0 saturated heterocycles. The van der Waals surface area contributed by atoms with Crippen molar-refractivity contribution >= 4 is 0 Å². The van der Waals surface area contributed by atoms with Gasteiger partial charge >= 0.3 is 0 Å². The van der Waals surface area contributed by atoms with Crippen LogP contribution in [0.2, 0.25) is 0 Å². The summed E-state index contributed by atoms with van der Waals surface area (Å²) in [4.78, 5) is 0. The third-order valence-electron chi connectivity index (χ3n) is 4.52. The van der Waals surface area contributed by atoms with Crippen LogP contribution >= 0.6 is 0 Å². The molecular formula is C24H23N3O2. The zero-order valence-electron chi connectivity index (χ0n) is 16.0. The van der Waals surface area contributed by atoms with Crippen molar-refractivity contribution in [3.05, 3.63) is 102 Å². The highest BCUT2D eigenvalue weighted by atomic mass is 16.5. The fourth-order valence-corrected chi connectivity index (χ4v) is 2.98. The monoisotopic (exact) mass is 385 g/mol. The molecule has 0 amide bonds. The van der Waals surface area contributed by atoms with Crippen molar-refractivity contribution in [2.45, 2.75) is 19.8 Å². The Labute approximate surface area is 170 Å². The molecule has 0 atom stereocenters. The predicted octanol–water partition coefficient (Wildman–Crippen LogP) is 4.69. The molecule has 3 aromatic carbocycles. The molecule has 1 aromatic heterocycles. The van der Waals surface area contributed by atoms with E-state index in [1.807, 2.05) is 84.9 Å². The van der Waals surface area contributed by atoms with Gasteiger partial charge in [0.05, 0.1) is 5.69 Å². The summed E-state index contributed by atoms with van der Waals surface area (Å²) in [6.45, 7) is 1.38. The van der Waals surface area contributed by atoms with Crippen molar-refractivity contribution in [1.82, 2.24) is 10.2 Å². The Morgan fingerprint density at radius 3 is 1.76 bits per heavy atom. The maximum absolute atomic E-state index is 6.04. The minimum atomic E-state index is 0.411. The van der Waals surface area contributed by atoms with E-state index in [2.05, 4.69) is 10.2 Å². The van der Waals surface area contributed by atoms with E-state index < -0.39 is 0 Å². The van der Waals surface area contributed by atoms with Gasteiger partial charge in [-0.2, -0.15) is 5.10 Å². The molecule has 0 unspecified atom stereocenters. The van der Waals surface area contributed by atoms with Crippen LogP contribution in [0, 0.1) is 0 Å². The average Bonchev–Trinajstić information content (AvgIpc) is 3.27. The second-order valence-electron chi connectivity index (χ2n) is 6.72. The van der Waals surface area contributed by atoms with E-state index in [0.717, 1.165) is 39.6 Å². The summed E-state index contributed by atoms with van der Waals surface area (Å²) >= 11 is 0. The van der Waals surface area contributed by atoms with Crippen LogP contribution in [0.4, 0.5) is 0 Å². The number of rotatable bonds is 8. The van der Waals surface area contributed by atoms with Crippen LogP contribution in [0.5, 0.6) is 11.5 Å². The first-order valence-corrected chi connectivity index (χ1v) is 9.53. The Morgan fingerprint density at radius 1 is 0.724 bits per heavy atom. The molecule has 0 radical (unpaired) electrons. The van der Waals surface area contributed by atoms with E-state index in [9.17, 15) is 0 Å². The van der Waals surface area contributed by atoms with Gasteiger partial charge in [0, 0.05) is 23.9 Å². The van der Waals surface area contributed by atoms with Crippen molar-refractivity contribution < 1.29 is 9.47 Å². The number of benzene rings is 3. The first-order valence-electron chi connectivity index (χ1n) is 9.53. The highest BCUT2D eigenvalue weighted by molar-refractivity contribution is 5.64. The third kappa shape index (κ3) is 5.03. The Kier molecular flexibility index (Phi) is 5.88. The molecule has 5 heteroatoms. The number of aromatic amines is 1. The van der Waals surface area contributed by atoms with Crippen LogP contribution in [0.3, 0.4) is 0 Å². The zero-order valence-corrected chi connectivity index (χ0v) is 16.0. The minimum Gasteiger partial charge on any atom is -0.489 e. The molecule has 0 aliphatic heterocycles. The molecule has 0 bridgehead atoms. The van der Waals surface area contributed by atoms with Crippen LogP contribution in [0.25, 0.3) is 11.3 Å². The van der Waals surface area contributed by atoms with Crippen LogP contribution in [0.15, 0.2) is 84.9 Å². The normalized spacial score (nSPS) is 10.7. The number of nitrogens with two attached hydrogens (primary N) is 1. The second kappa shape index (κ2) is 9.08. The molecule has 0 aliphatic rings. The SMILES string of the molecule is NCc1cc(-c2cc(OCc3ccccc3)cc(OCc3ccccc3)c2)n[nH]1. The standard InChI is InChI=1S/C24H23N3O2/c25-15-21-13-24(27-26-21)20-11-22(28-16-18-7-3-1-4-8-18)14-23(12-20)29-17-19-9-5-2-6-10-19/h1-14H,15-17,25H2,(H,26,27). The van der Waals surface area contributed by atoms with Crippen LogP contribution in [-0.2, 0) is 19.8 Å². The molecule has 1 heterocycles. The number of nitrogens with one attached hydrogen (secondary N) is 1. The average molecular weight is 385 g/mol. The number of nitrogens with zero attached hydrogens (tertiary/aromatic N) is 1. The summed E-state index contributed by atoms with van der Waals surface area (Å²) in [5.74, 6) is 1.46. The molecular weight excluding hydrogens is 362 g/mol. The summed E-state index contributed by atoms with van der Waals surface area (Å²) in [6.07, 6.45) is 0.